The van der Waals surface area contributed by atoms with Gasteiger partial charge in [0.1, 0.15) is 18.1 Å². The van der Waals surface area contributed by atoms with Gasteiger partial charge in [-0.25, -0.2) is 4.68 Å². The van der Waals surface area contributed by atoms with Gasteiger partial charge >= 0.3 is 0 Å². The van der Waals surface area contributed by atoms with Gasteiger partial charge in [0.15, 0.2) is 23.0 Å². The van der Waals surface area contributed by atoms with Gasteiger partial charge in [-0.2, -0.15) is 0 Å². The first-order valence-corrected chi connectivity index (χ1v) is 14.5. The van der Waals surface area contributed by atoms with Gasteiger partial charge in [-0.05, 0) is 66.8 Å². The molecule has 2 atom stereocenters. The number of phenols is 1. The predicted molar refractivity (Wildman–Crippen MR) is 162 cm³/mol. The van der Waals surface area contributed by atoms with E-state index in [1.54, 1.807) is 32.4 Å². The lowest BCUT2D eigenvalue weighted by Crippen LogP contribution is -2.47. The Bertz CT molecular complexity index is 1600. The van der Waals surface area contributed by atoms with Gasteiger partial charge in [0.05, 0.1) is 33.0 Å². The number of para-hydroxylation sites is 1. The van der Waals surface area contributed by atoms with E-state index >= 15 is 0 Å². The third kappa shape index (κ3) is 6.86. The van der Waals surface area contributed by atoms with Crippen molar-refractivity contribution in [1.29, 1.82) is 0 Å². The van der Waals surface area contributed by atoms with Gasteiger partial charge in [0.25, 0.3) is 0 Å². The van der Waals surface area contributed by atoms with Crippen LogP contribution in [0, 0.1) is 0 Å². The third-order valence-corrected chi connectivity index (χ3v) is 7.72. The van der Waals surface area contributed by atoms with Crippen LogP contribution in [0.5, 0.6) is 23.0 Å². The number of methoxy groups -OCH3 is 3. The first-order chi connectivity index (χ1) is 21.4. The Morgan fingerprint density at radius 3 is 2.59 bits per heavy atom. The van der Waals surface area contributed by atoms with Gasteiger partial charge in [0.2, 0.25) is 11.8 Å². The number of benzene rings is 3. The largest absolute Gasteiger partial charge is 0.504 e. The fourth-order valence-electron chi connectivity index (χ4n) is 5.39. The molecule has 2 heterocycles. The van der Waals surface area contributed by atoms with Crippen molar-refractivity contribution in [2.75, 3.05) is 41.0 Å². The molecule has 0 aliphatic carbocycles. The minimum absolute atomic E-state index is 0.0768. The summed E-state index contributed by atoms with van der Waals surface area (Å²) < 4.78 is 23.5. The number of carbonyl (C=O) groups excluding carboxylic acids is 2. The molecule has 12 heteroatoms. The van der Waals surface area contributed by atoms with Crippen molar-refractivity contribution in [2.45, 2.75) is 38.0 Å². The number of aromatic hydroxyl groups is 1. The summed E-state index contributed by atoms with van der Waals surface area (Å²) in [5, 5.41) is 21.7. The summed E-state index contributed by atoms with van der Waals surface area (Å²) in [7, 11) is 4.56. The van der Waals surface area contributed by atoms with Crippen LogP contribution in [0.4, 0.5) is 0 Å². The van der Waals surface area contributed by atoms with Crippen molar-refractivity contribution in [2.24, 2.45) is 0 Å². The van der Waals surface area contributed by atoms with Gasteiger partial charge < -0.3 is 34.3 Å². The lowest BCUT2D eigenvalue weighted by atomic mass is 10.0. The summed E-state index contributed by atoms with van der Waals surface area (Å²) >= 11 is 0. The van der Waals surface area contributed by atoms with Gasteiger partial charge in [-0.1, -0.05) is 29.5 Å². The highest BCUT2D eigenvalue weighted by molar-refractivity contribution is 5.89. The van der Waals surface area contributed by atoms with E-state index in [4.69, 9.17) is 18.9 Å². The summed E-state index contributed by atoms with van der Waals surface area (Å²) in [5.74, 6) is 0.541. The van der Waals surface area contributed by atoms with Crippen molar-refractivity contribution in [1.82, 2.24) is 25.2 Å². The van der Waals surface area contributed by atoms with Crippen LogP contribution >= 0.6 is 0 Å². The van der Waals surface area contributed by atoms with Crippen LogP contribution in [0.3, 0.4) is 0 Å². The number of hydrogen-bond acceptors (Lipinski definition) is 9. The molecule has 1 saturated heterocycles. The number of phenolic OH excluding ortho intramolecular Hbond substituents is 1. The van der Waals surface area contributed by atoms with Gasteiger partial charge in [0, 0.05) is 19.7 Å². The fraction of sp³-hybridized carbons (Fsp3) is 0.375. The highest BCUT2D eigenvalue weighted by Crippen LogP contribution is 2.33. The fourth-order valence-corrected chi connectivity index (χ4v) is 5.39. The molecule has 0 radical (unpaired) electrons. The topological polar surface area (TPSA) is 137 Å². The SMILES string of the molecule is COc1cc([C@@H](C(=O)NC[C@H]2CCCO2)N(CCc2ccc(OC)c(OC)c2)C(=O)Cn2nnc3ccccc32)ccc1O. The summed E-state index contributed by atoms with van der Waals surface area (Å²) in [6.07, 6.45) is 2.10. The average Bonchev–Trinajstić information content (AvgIpc) is 3.72. The van der Waals surface area contributed by atoms with Gasteiger partial charge in [-0.15, -0.1) is 5.10 Å². The molecule has 2 N–H and O–H groups in total. The second-order valence-electron chi connectivity index (χ2n) is 10.5. The van der Waals surface area contributed by atoms with Crippen LogP contribution < -0.4 is 19.5 Å². The van der Waals surface area contributed by atoms with E-state index in [2.05, 4.69) is 15.6 Å². The summed E-state index contributed by atoms with van der Waals surface area (Å²) in [6, 6.07) is 16.5. The molecule has 232 valence electrons. The van der Waals surface area contributed by atoms with E-state index < -0.39 is 6.04 Å². The maximum atomic E-state index is 14.2. The summed E-state index contributed by atoms with van der Waals surface area (Å²) in [6.45, 7) is 1.01. The molecule has 2 amide bonds. The van der Waals surface area contributed by atoms with Crippen molar-refractivity contribution >= 4 is 22.8 Å². The third-order valence-electron chi connectivity index (χ3n) is 7.72. The Hall–Kier alpha value is -4.84. The lowest BCUT2D eigenvalue weighted by Gasteiger charge is -2.32. The monoisotopic (exact) mass is 603 g/mol. The maximum absolute atomic E-state index is 14.2. The van der Waals surface area contributed by atoms with Crippen LogP contribution in [0.25, 0.3) is 11.0 Å². The number of fused-ring (bicyclic) bond motifs is 1. The second kappa shape index (κ2) is 14.1. The normalized spacial score (nSPS) is 15.1. The van der Waals surface area contributed by atoms with Crippen LogP contribution in [0.15, 0.2) is 60.7 Å². The van der Waals surface area contributed by atoms with E-state index in [1.807, 2.05) is 36.4 Å². The Kier molecular flexibility index (Phi) is 9.80. The summed E-state index contributed by atoms with van der Waals surface area (Å²) in [5.41, 5.74) is 2.72. The average molecular weight is 604 g/mol. The molecule has 12 nitrogen and oxygen atoms in total. The number of ether oxygens (including phenoxy) is 4. The molecule has 1 aliphatic rings. The minimum Gasteiger partial charge on any atom is -0.504 e. The quantitative estimate of drug-likeness (QED) is 0.236. The number of nitrogens with one attached hydrogen (secondary N) is 1. The zero-order chi connectivity index (χ0) is 31.1. The second-order valence-corrected chi connectivity index (χ2v) is 10.5. The molecule has 0 saturated carbocycles. The van der Waals surface area contributed by atoms with Crippen LogP contribution in [-0.4, -0.2) is 83.9 Å². The molecule has 44 heavy (non-hydrogen) atoms. The molecule has 1 aliphatic heterocycles. The lowest BCUT2D eigenvalue weighted by molar-refractivity contribution is -0.141. The smallest absolute Gasteiger partial charge is 0.247 e. The summed E-state index contributed by atoms with van der Waals surface area (Å²) in [4.78, 5) is 29.7. The Balaban J connectivity index is 1.51. The van der Waals surface area contributed by atoms with E-state index in [9.17, 15) is 14.7 Å². The van der Waals surface area contributed by atoms with Crippen molar-refractivity contribution < 1.29 is 33.6 Å². The van der Waals surface area contributed by atoms with Crippen LogP contribution in [-0.2, 0) is 27.3 Å². The highest BCUT2D eigenvalue weighted by atomic mass is 16.5. The molecule has 1 fully saturated rings. The molecule has 0 spiro atoms. The van der Waals surface area contributed by atoms with Crippen molar-refractivity contribution in [3.63, 3.8) is 0 Å². The number of amides is 2. The van der Waals surface area contributed by atoms with E-state index in [0.717, 1.165) is 18.4 Å². The number of hydrogen-bond donors (Lipinski definition) is 2. The van der Waals surface area contributed by atoms with Crippen LogP contribution in [0.2, 0.25) is 0 Å². The van der Waals surface area contributed by atoms with Crippen molar-refractivity contribution in [3.8, 4) is 23.0 Å². The number of aromatic nitrogens is 3. The van der Waals surface area contributed by atoms with Crippen molar-refractivity contribution in [3.05, 3.63) is 71.8 Å². The minimum atomic E-state index is -1.05. The standard InChI is InChI=1S/C32H37N5O7/c1-41-27-13-10-21(17-29(27)43-3)14-15-36(30(39)20-37-25-9-5-4-8-24(25)34-35-37)31(22-11-12-26(38)28(18-22)42-2)32(40)33-19-23-7-6-16-44-23/h4-5,8-13,17-18,23,31,38H,6-7,14-16,19-20H2,1-3H3,(H,33,40)/t23-,31+/m1/s1. The number of carbonyl (C=O) groups is 2. The Morgan fingerprint density at radius 1 is 1.05 bits per heavy atom. The first kappa shape index (κ1) is 30.6. The molecule has 0 bridgehead atoms. The zero-order valence-corrected chi connectivity index (χ0v) is 25.1. The van der Waals surface area contributed by atoms with E-state index in [-0.39, 0.29) is 42.5 Å². The molecular formula is C32H37N5O7. The maximum Gasteiger partial charge on any atom is 0.247 e. The predicted octanol–water partition coefficient (Wildman–Crippen LogP) is 3.27. The zero-order valence-electron chi connectivity index (χ0n) is 25.1. The molecule has 4 aromatic rings. The Labute approximate surface area is 255 Å². The highest BCUT2D eigenvalue weighted by Gasteiger charge is 2.33. The molecular weight excluding hydrogens is 566 g/mol. The number of rotatable bonds is 13. The molecule has 5 rings (SSSR count). The molecule has 1 aromatic heterocycles. The first-order valence-electron chi connectivity index (χ1n) is 14.5. The van der Waals surface area contributed by atoms with Gasteiger partial charge in [-0.3, -0.25) is 9.59 Å². The Morgan fingerprint density at radius 2 is 1.84 bits per heavy atom. The van der Waals surface area contributed by atoms with E-state index in [0.29, 0.717) is 47.7 Å². The van der Waals surface area contributed by atoms with Crippen LogP contribution in [0.1, 0.15) is 30.0 Å². The number of nitrogens with zero attached hydrogens (tertiary/aromatic N) is 4. The molecule has 0 unspecified atom stereocenters. The van der Waals surface area contributed by atoms with E-state index in [1.165, 1.54) is 22.8 Å². The molecule has 3 aromatic carbocycles.